The molecule has 0 aliphatic carbocycles. The molecule has 5 nitrogen and oxygen atoms in total. The third kappa shape index (κ3) is 5.31. The van der Waals surface area contributed by atoms with Crippen LogP contribution in [0, 0.1) is 0 Å². The summed E-state index contributed by atoms with van der Waals surface area (Å²) in [5.41, 5.74) is 2.69. The first kappa shape index (κ1) is 18.5. The van der Waals surface area contributed by atoms with Gasteiger partial charge in [-0.3, -0.25) is 4.79 Å². The number of carbonyl (C=O) groups is 1. The molecule has 0 aliphatic heterocycles. The Balaban J connectivity index is 1.46. The number of aromatic nitrogens is 1. The van der Waals surface area contributed by atoms with E-state index in [1.54, 1.807) is 18.3 Å². The summed E-state index contributed by atoms with van der Waals surface area (Å²) in [6.45, 7) is 1.07. The third-order valence-corrected chi connectivity index (χ3v) is 4.08. The summed E-state index contributed by atoms with van der Waals surface area (Å²) in [5.74, 6) is 0.962. The predicted molar refractivity (Wildman–Crippen MR) is 104 cm³/mol. The normalized spacial score (nSPS) is 10.3. The van der Waals surface area contributed by atoms with Crippen LogP contribution in [0.5, 0.6) is 11.6 Å². The highest BCUT2D eigenvalue weighted by atomic mass is 16.5. The van der Waals surface area contributed by atoms with E-state index in [0.717, 1.165) is 23.3 Å². The number of ether oxygens (including phenoxy) is 2. The fourth-order valence-corrected chi connectivity index (χ4v) is 2.64. The second kappa shape index (κ2) is 9.38. The van der Waals surface area contributed by atoms with Crippen LogP contribution in [0.15, 0.2) is 72.9 Å². The van der Waals surface area contributed by atoms with Gasteiger partial charge in [-0.1, -0.05) is 42.5 Å². The van der Waals surface area contributed by atoms with E-state index in [1.807, 2.05) is 54.6 Å². The number of hydrogen-bond acceptors (Lipinski definition) is 4. The molecule has 27 heavy (non-hydrogen) atoms. The van der Waals surface area contributed by atoms with Gasteiger partial charge in [0.05, 0.1) is 7.11 Å². The summed E-state index contributed by atoms with van der Waals surface area (Å²) in [7, 11) is 1.50. The molecule has 0 unspecified atom stereocenters. The molecule has 0 aliphatic rings. The Labute approximate surface area is 159 Å². The zero-order valence-electron chi connectivity index (χ0n) is 15.2. The summed E-state index contributed by atoms with van der Waals surface area (Å²) in [6, 6.07) is 21.4. The van der Waals surface area contributed by atoms with E-state index in [4.69, 9.17) is 9.47 Å². The summed E-state index contributed by atoms with van der Waals surface area (Å²) in [6.07, 6.45) is 2.32. The lowest BCUT2D eigenvalue weighted by Crippen LogP contribution is -2.26. The van der Waals surface area contributed by atoms with Gasteiger partial charge in [0.25, 0.3) is 5.91 Å². The van der Waals surface area contributed by atoms with Crippen LogP contribution in [0.2, 0.25) is 0 Å². The van der Waals surface area contributed by atoms with Gasteiger partial charge >= 0.3 is 0 Å². The second-order valence-corrected chi connectivity index (χ2v) is 5.98. The fourth-order valence-electron chi connectivity index (χ4n) is 2.64. The number of benzene rings is 2. The number of amides is 1. The highest BCUT2D eigenvalue weighted by molar-refractivity contribution is 5.96. The molecular weight excluding hydrogens is 340 g/mol. The number of rotatable bonds is 8. The number of pyridine rings is 1. The van der Waals surface area contributed by atoms with Gasteiger partial charge in [0.2, 0.25) is 5.88 Å². The zero-order chi connectivity index (χ0) is 18.9. The molecule has 1 N–H and O–H groups in total. The molecule has 138 valence electrons. The Kier molecular flexibility index (Phi) is 6.41. The van der Waals surface area contributed by atoms with Gasteiger partial charge in [-0.15, -0.1) is 0 Å². The van der Waals surface area contributed by atoms with Crippen molar-refractivity contribution < 1.29 is 14.3 Å². The van der Waals surface area contributed by atoms with Crippen molar-refractivity contribution in [3.8, 4) is 11.6 Å². The Morgan fingerprint density at radius 2 is 1.74 bits per heavy atom. The lowest BCUT2D eigenvalue weighted by atomic mass is 10.1. The topological polar surface area (TPSA) is 60.5 Å². The summed E-state index contributed by atoms with van der Waals surface area (Å²) >= 11 is 0. The van der Waals surface area contributed by atoms with Crippen LogP contribution in [0.4, 0.5) is 0 Å². The van der Waals surface area contributed by atoms with Crippen molar-refractivity contribution in [2.75, 3.05) is 13.7 Å². The van der Waals surface area contributed by atoms with Crippen molar-refractivity contribution in [1.82, 2.24) is 10.3 Å². The minimum atomic E-state index is -0.192. The van der Waals surface area contributed by atoms with E-state index in [0.29, 0.717) is 24.6 Å². The standard InChI is InChI=1S/C22H22N2O3/c1-26-22-20(8-5-14-24-22)21(25)23-15-13-17-9-11-19(12-10-17)27-16-18-6-3-2-4-7-18/h2-12,14H,13,15-16H2,1H3,(H,23,25). The van der Waals surface area contributed by atoms with Crippen molar-refractivity contribution in [3.05, 3.63) is 89.6 Å². The van der Waals surface area contributed by atoms with E-state index in [9.17, 15) is 4.79 Å². The maximum absolute atomic E-state index is 12.2. The molecule has 0 bridgehead atoms. The van der Waals surface area contributed by atoms with Crippen molar-refractivity contribution in [2.24, 2.45) is 0 Å². The quantitative estimate of drug-likeness (QED) is 0.665. The number of nitrogens with one attached hydrogen (secondary N) is 1. The van der Waals surface area contributed by atoms with Crippen LogP contribution in [-0.4, -0.2) is 24.5 Å². The van der Waals surface area contributed by atoms with Crippen LogP contribution in [0.1, 0.15) is 21.5 Å². The zero-order valence-corrected chi connectivity index (χ0v) is 15.2. The van der Waals surface area contributed by atoms with Gasteiger partial charge in [-0.05, 0) is 41.8 Å². The Hall–Kier alpha value is -3.34. The summed E-state index contributed by atoms with van der Waals surface area (Å²) in [5, 5.41) is 2.89. The molecule has 1 heterocycles. The average Bonchev–Trinajstić information content (AvgIpc) is 2.73. The first-order valence-corrected chi connectivity index (χ1v) is 8.79. The van der Waals surface area contributed by atoms with Crippen LogP contribution in [-0.2, 0) is 13.0 Å². The van der Waals surface area contributed by atoms with Gasteiger partial charge in [0.1, 0.15) is 17.9 Å². The van der Waals surface area contributed by atoms with Gasteiger partial charge < -0.3 is 14.8 Å². The van der Waals surface area contributed by atoms with Crippen molar-refractivity contribution >= 4 is 5.91 Å². The van der Waals surface area contributed by atoms with Crippen LogP contribution >= 0.6 is 0 Å². The molecule has 0 atom stereocenters. The van der Waals surface area contributed by atoms with Crippen molar-refractivity contribution in [3.63, 3.8) is 0 Å². The number of hydrogen-bond donors (Lipinski definition) is 1. The highest BCUT2D eigenvalue weighted by Gasteiger charge is 2.11. The van der Waals surface area contributed by atoms with E-state index in [2.05, 4.69) is 10.3 Å². The summed E-state index contributed by atoms with van der Waals surface area (Å²) in [4.78, 5) is 16.3. The Morgan fingerprint density at radius 3 is 2.48 bits per heavy atom. The number of nitrogens with zero attached hydrogens (tertiary/aromatic N) is 1. The second-order valence-electron chi connectivity index (χ2n) is 5.98. The maximum Gasteiger partial charge on any atom is 0.256 e. The van der Waals surface area contributed by atoms with Crippen LogP contribution in [0.3, 0.4) is 0 Å². The van der Waals surface area contributed by atoms with Crippen LogP contribution in [0.25, 0.3) is 0 Å². The molecule has 0 radical (unpaired) electrons. The molecule has 5 heteroatoms. The van der Waals surface area contributed by atoms with Crippen molar-refractivity contribution in [1.29, 1.82) is 0 Å². The lowest BCUT2D eigenvalue weighted by molar-refractivity contribution is 0.0950. The largest absolute Gasteiger partial charge is 0.489 e. The van der Waals surface area contributed by atoms with E-state index < -0.39 is 0 Å². The van der Waals surface area contributed by atoms with E-state index in [1.165, 1.54) is 7.11 Å². The molecule has 0 saturated carbocycles. The first-order chi connectivity index (χ1) is 13.3. The van der Waals surface area contributed by atoms with Gasteiger partial charge in [0.15, 0.2) is 0 Å². The molecule has 3 aromatic rings. The Morgan fingerprint density at radius 1 is 0.963 bits per heavy atom. The molecule has 3 rings (SSSR count). The number of methoxy groups -OCH3 is 1. The molecular formula is C22H22N2O3. The average molecular weight is 362 g/mol. The molecule has 2 aromatic carbocycles. The number of carbonyl (C=O) groups excluding carboxylic acids is 1. The molecule has 0 saturated heterocycles. The predicted octanol–water partition coefficient (Wildman–Crippen LogP) is 3.64. The lowest BCUT2D eigenvalue weighted by Gasteiger charge is -2.09. The summed E-state index contributed by atoms with van der Waals surface area (Å²) < 4.78 is 10.9. The minimum Gasteiger partial charge on any atom is -0.489 e. The molecule has 0 fully saturated rings. The van der Waals surface area contributed by atoms with E-state index in [-0.39, 0.29) is 5.91 Å². The molecule has 0 spiro atoms. The van der Waals surface area contributed by atoms with Gasteiger partial charge in [-0.2, -0.15) is 0 Å². The van der Waals surface area contributed by atoms with Crippen LogP contribution < -0.4 is 14.8 Å². The SMILES string of the molecule is COc1ncccc1C(=O)NCCc1ccc(OCc2ccccc2)cc1. The first-order valence-electron chi connectivity index (χ1n) is 8.79. The monoisotopic (exact) mass is 362 g/mol. The van der Waals surface area contributed by atoms with Gasteiger partial charge in [-0.25, -0.2) is 4.98 Å². The third-order valence-electron chi connectivity index (χ3n) is 4.08. The van der Waals surface area contributed by atoms with Crippen molar-refractivity contribution in [2.45, 2.75) is 13.0 Å². The maximum atomic E-state index is 12.2. The van der Waals surface area contributed by atoms with Gasteiger partial charge in [0, 0.05) is 12.7 Å². The fraction of sp³-hybridized carbons (Fsp3) is 0.182. The molecule has 1 aromatic heterocycles. The highest BCUT2D eigenvalue weighted by Crippen LogP contribution is 2.15. The molecule has 1 amide bonds. The smallest absolute Gasteiger partial charge is 0.256 e. The van der Waals surface area contributed by atoms with E-state index >= 15 is 0 Å². The Bertz CT molecular complexity index is 864. The minimum absolute atomic E-state index is 0.192.